The number of fused-ring (bicyclic) bond motifs is 1. The van der Waals surface area contributed by atoms with Gasteiger partial charge in [-0.25, -0.2) is 10.2 Å². The Morgan fingerprint density at radius 2 is 2.04 bits per heavy atom. The van der Waals surface area contributed by atoms with E-state index in [0.29, 0.717) is 15.6 Å². The van der Waals surface area contributed by atoms with Crippen LogP contribution in [0.5, 0.6) is 5.75 Å². The summed E-state index contributed by atoms with van der Waals surface area (Å²) >= 11 is 12.7. The van der Waals surface area contributed by atoms with E-state index >= 15 is 0 Å². The summed E-state index contributed by atoms with van der Waals surface area (Å²) in [5.74, 6) is -1.29. The van der Waals surface area contributed by atoms with Crippen molar-refractivity contribution in [3.8, 4) is 5.75 Å². The molecule has 0 aliphatic heterocycles. The van der Waals surface area contributed by atoms with Crippen molar-refractivity contribution >= 4 is 72.5 Å². The zero-order chi connectivity index (χ0) is 20.3. The highest BCUT2D eigenvalue weighted by atomic mass is 79.9. The van der Waals surface area contributed by atoms with Crippen molar-refractivity contribution in [3.05, 3.63) is 61.7 Å². The Morgan fingerprint density at radius 3 is 2.75 bits per heavy atom. The molecule has 0 aliphatic carbocycles. The van der Waals surface area contributed by atoms with Crippen molar-refractivity contribution in [2.75, 3.05) is 6.61 Å². The van der Waals surface area contributed by atoms with E-state index in [-0.39, 0.29) is 16.5 Å². The van der Waals surface area contributed by atoms with Crippen LogP contribution >= 0.6 is 43.5 Å². The second-order valence-corrected chi connectivity index (χ2v) is 7.67. The molecule has 10 heteroatoms. The molecule has 2 aromatic carbocycles. The van der Waals surface area contributed by atoms with Gasteiger partial charge < -0.3 is 14.3 Å². The molecule has 144 valence electrons. The van der Waals surface area contributed by atoms with Crippen molar-refractivity contribution in [2.45, 2.75) is 0 Å². The first-order chi connectivity index (χ1) is 13.3. The fourth-order valence-corrected chi connectivity index (χ4v) is 3.64. The molecular formula is C18H11Br2ClN2O5. The lowest BCUT2D eigenvalue weighted by Gasteiger charge is -2.08. The van der Waals surface area contributed by atoms with Crippen LogP contribution in [0.2, 0.25) is 5.02 Å². The van der Waals surface area contributed by atoms with Crippen LogP contribution in [0.15, 0.2) is 54.9 Å². The average molecular weight is 531 g/mol. The number of hydrogen-bond donors (Lipinski definition) is 2. The molecule has 0 spiro atoms. The molecule has 0 saturated carbocycles. The third kappa shape index (κ3) is 4.92. The summed E-state index contributed by atoms with van der Waals surface area (Å²) in [4.78, 5) is 22.8. The second kappa shape index (κ2) is 8.76. The van der Waals surface area contributed by atoms with Crippen LogP contribution in [0.4, 0.5) is 0 Å². The number of benzene rings is 2. The second-order valence-electron chi connectivity index (χ2n) is 5.49. The van der Waals surface area contributed by atoms with Gasteiger partial charge in [-0.15, -0.1) is 0 Å². The lowest BCUT2D eigenvalue weighted by atomic mass is 10.2. The maximum Gasteiger partial charge on any atom is 0.341 e. The van der Waals surface area contributed by atoms with Gasteiger partial charge in [-0.2, -0.15) is 5.10 Å². The molecule has 1 aromatic heterocycles. The number of carboxylic acids is 1. The topological polar surface area (TPSA) is 101 Å². The molecule has 3 rings (SSSR count). The lowest BCUT2D eigenvalue weighted by molar-refractivity contribution is -0.139. The molecule has 1 heterocycles. The number of carboxylic acid groups (broad SMARTS) is 1. The third-order valence-electron chi connectivity index (χ3n) is 3.44. The van der Waals surface area contributed by atoms with Gasteiger partial charge in [0.05, 0.1) is 15.7 Å². The lowest BCUT2D eigenvalue weighted by Crippen LogP contribution is -2.16. The molecule has 0 fully saturated rings. The Morgan fingerprint density at radius 1 is 1.25 bits per heavy atom. The minimum Gasteiger partial charge on any atom is -0.479 e. The summed E-state index contributed by atoms with van der Waals surface area (Å²) in [6, 6.07) is 10.2. The largest absolute Gasteiger partial charge is 0.479 e. The van der Waals surface area contributed by atoms with Gasteiger partial charge >= 0.3 is 11.9 Å². The van der Waals surface area contributed by atoms with Crippen LogP contribution < -0.4 is 10.2 Å². The van der Waals surface area contributed by atoms with Crippen LogP contribution in [-0.4, -0.2) is 29.8 Å². The monoisotopic (exact) mass is 528 g/mol. The molecule has 3 aromatic rings. The van der Waals surface area contributed by atoms with E-state index in [9.17, 15) is 9.59 Å². The summed E-state index contributed by atoms with van der Waals surface area (Å²) in [7, 11) is 0. The maximum absolute atomic E-state index is 12.2. The molecule has 2 N–H and O–H groups in total. The van der Waals surface area contributed by atoms with E-state index in [2.05, 4.69) is 42.4 Å². The first-order valence-corrected chi connectivity index (χ1v) is 9.66. The zero-order valence-corrected chi connectivity index (χ0v) is 17.8. The van der Waals surface area contributed by atoms with Crippen molar-refractivity contribution < 1.29 is 23.8 Å². The number of nitrogens with one attached hydrogen (secondary N) is 1. The number of furan rings is 1. The van der Waals surface area contributed by atoms with Crippen LogP contribution in [0.1, 0.15) is 16.1 Å². The van der Waals surface area contributed by atoms with Crippen molar-refractivity contribution in [2.24, 2.45) is 5.10 Å². The summed E-state index contributed by atoms with van der Waals surface area (Å²) < 4.78 is 11.9. The number of carbonyl (C=O) groups is 2. The molecule has 0 atom stereocenters. The number of hydrogen-bond acceptors (Lipinski definition) is 5. The van der Waals surface area contributed by atoms with Gasteiger partial charge in [-0.1, -0.05) is 27.5 Å². The summed E-state index contributed by atoms with van der Waals surface area (Å²) in [5, 5.41) is 13.6. The summed E-state index contributed by atoms with van der Waals surface area (Å²) in [5.41, 5.74) is 3.53. The molecule has 0 aliphatic rings. The third-order valence-corrected chi connectivity index (χ3v) is 4.81. The average Bonchev–Trinajstić information content (AvgIpc) is 3.04. The molecule has 28 heavy (non-hydrogen) atoms. The zero-order valence-electron chi connectivity index (χ0n) is 13.9. The Labute approximate surface area is 180 Å². The maximum atomic E-state index is 12.2. The van der Waals surface area contributed by atoms with Crippen molar-refractivity contribution in [3.63, 3.8) is 0 Å². The summed E-state index contributed by atoms with van der Waals surface area (Å²) in [6.07, 6.45) is 1.38. The minimum absolute atomic E-state index is 0.127. The fraction of sp³-hybridized carbons (Fsp3) is 0.0556. The van der Waals surface area contributed by atoms with Crippen molar-refractivity contribution in [1.82, 2.24) is 5.43 Å². The van der Waals surface area contributed by atoms with Gasteiger partial charge in [-0.3, -0.25) is 4.79 Å². The van der Waals surface area contributed by atoms with Crippen LogP contribution in [-0.2, 0) is 4.79 Å². The normalized spacial score (nSPS) is 11.1. The summed E-state index contributed by atoms with van der Waals surface area (Å²) in [6.45, 7) is -0.518. The number of rotatable bonds is 6. The van der Waals surface area contributed by atoms with Gasteiger partial charge in [0, 0.05) is 9.86 Å². The van der Waals surface area contributed by atoms with Crippen LogP contribution in [0, 0.1) is 0 Å². The molecule has 1 amide bonds. The van der Waals surface area contributed by atoms with E-state index in [0.717, 1.165) is 9.86 Å². The number of hydrazone groups is 1. The molecule has 0 unspecified atom stereocenters. The predicted octanol–water partition coefficient (Wildman–Crippen LogP) is 4.84. The van der Waals surface area contributed by atoms with Gasteiger partial charge in [0.15, 0.2) is 18.1 Å². The highest BCUT2D eigenvalue weighted by Gasteiger charge is 2.13. The molecule has 0 radical (unpaired) electrons. The van der Waals surface area contributed by atoms with E-state index < -0.39 is 18.5 Å². The highest BCUT2D eigenvalue weighted by Crippen LogP contribution is 2.34. The quantitative estimate of drug-likeness (QED) is 0.351. The Balaban J connectivity index is 1.69. The molecular weight excluding hydrogens is 519 g/mol. The minimum atomic E-state index is -1.12. The van der Waals surface area contributed by atoms with Gasteiger partial charge in [0.2, 0.25) is 0 Å². The number of ether oxygens (including phenoxy) is 1. The number of nitrogens with zero attached hydrogens (tertiary/aromatic N) is 1. The van der Waals surface area contributed by atoms with Gasteiger partial charge in [0.25, 0.3) is 0 Å². The predicted molar refractivity (Wildman–Crippen MR) is 111 cm³/mol. The number of aliphatic carboxylic acids is 1. The first-order valence-electron chi connectivity index (χ1n) is 7.69. The van der Waals surface area contributed by atoms with Crippen LogP contribution in [0.3, 0.4) is 0 Å². The van der Waals surface area contributed by atoms with Crippen LogP contribution in [0.25, 0.3) is 11.0 Å². The first kappa shape index (κ1) is 20.4. The fourth-order valence-electron chi connectivity index (χ4n) is 2.27. The number of halogens is 3. The SMILES string of the molecule is O=C(O)COc1c(Cl)cc(/C=N/NC(=O)c2cc3cc(Br)ccc3o2)cc1Br. The molecule has 0 bridgehead atoms. The van der Waals surface area contributed by atoms with Crippen molar-refractivity contribution in [1.29, 1.82) is 0 Å². The van der Waals surface area contributed by atoms with E-state index in [1.165, 1.54) is 12.3 Å². The molecule has 7 nitrogen and oxygen atoms in total. The van der Waals surface area contributed by atoms with Gasteiger partial charge in [-0.05, 0) is 57.9 Å². The van der Waals surface area contributed by atoms with E-state index in [4.69, 9.17) is 25.9 Å². The Bertz CT molecular complexity index is 1070. The number of carbonyl (C=O) groups excluding carboxylic acids is 1. The standard InChI is InChI=1S/C18H11Br2ClN2O5/c19-11-1-2-14-10(5-11)6-15(28-14)18(26)23-22-7-9-3-12(20)17(13(21)4-9)27-8-16(24)25/h1-7H,8H2,(H,23,26)(H,24,25)/b22-7+. The highest BCUT2D eigenvalue weighted by molar-refractivity contribution is 9.10. The smallest absolute Gasteiger partial charge is 0.341 e. The Kier molecular flexibility index (Phi) is 6.38. The molecule has 0 saturated heterocycles. The van der Waals surface area contributed by atoms with E-state index in [1.54, 1.807) is 18.2 Å². The van der Waals surface area contributed by atoms with Gasteiger partial charge in [0.1, 0.15) is 5.58 Å². The number of amides is 1. The Hall–Kier alpha value is -2.36. The van der Waals surface area contributed by atoms with E-state index in [1.807, 2.05) is 12.1 Å².